The number of thioether (sulfide) groups is 1. The van der Waals surface area contributed by atoms with Crippen LogP contribution in [0.1, 0.15) is 24.0 Å². The van der Waals surface area contributed by atoms with Crippen LogP contribution in [-0.2, 0) is 17.5 Å². The van der Waals surface area contributed by atoms with E-state index in [0.29, 0.717) is 0 Å². The SMILES string of the molecule is CCc1nc(CSc2ccccc2)ncc1CBr. The zero-order valence-electron chi connectivity index (χ0n) is 10.3. The highest BCUT2D eigenvalue weighted by atomic mass is 79.9. The van der Waals surface area contributed by atoms with E-state index in [1.54, 1.807) is 11.8 Å². The van der Waals surface area contributed by atoms with E-state index in [0.717, 1.165) is 29.0 Å². The van der Waals surface area contributed by atoms with Crippen molar-refractivity contribution in [3.8, 4) is 0 Å². The lowest BCUT2D eigenvalue weighted by Crippen LogP contribution is -2.01. The van der Waals surface area contributed by atoms with Crippen LogP contribution in [0, 0.1) is 0 Å². The van der Waals surface area contributed by atoms with Crippen LogP contribution in [0.5, 0.6) is 0 Å². The molecule has 0 bridgehead atoms. The van der Waals surface area contributed by atoms with Crippen LogP contribution in [0.25, 0.3) is 0 Å². The molecule has 2 aromatic rings. The molecule has 0 aliphatic rings. The quantitative estimate of drug-likeness (QED) is 0.608. The molecule has 94 valence electrons. The molecule has 0 spiro atoms. The van der Waals surface area contributed by atoms with Gasteiger partial charge in [-0.15, -0.1) is 11.8 Å². The maximum absolute atomic E-state index is 4.62. The average molecular weight is 323 g/mol. The third-order valence-corrected chi connectivity index (χ3v) is 4.21. The van der Waals surface area contributed by atoms with Crippen LogP contribution >= 0.6 is 27.7 Å². The molecule has 1 aromatic heterocycles. The Morgan fingerprint density at radius 2 is 2.00 bits per heavy atom. The van der Waals surface area contributed by atoms with Crippen molar-refractivity contribution < 1.29 is 0 Å². The lowest BCUT2D eigenvalue weighted by molar-refractivity contribution is 0.915. The van der Waals surface area contributed by atoms with Gasteiger partial charge in [0.15, 0.2) is 0 Å². The Labute approximate surface area is 120 Å². The summed E-state index contributed by atoms with van der Waals surface area (Å²) in [5.41, 5.74) is 2.33. The van der Waals surface area contributed by atoms with Crippen molar-refractivity contribution in [1.82, 2.24) is 9.97 Å². The van der Waals surface area contributed by atoms with Crippen molar-refractivity contribution >= 4 is 27.7 Å². The van der Waals surface area contributed by atoms with Gasteiger partial charge in [0.05, 0.1) is 5.75 Å². The fourth-order valence-electron chi connectivity index (χ4n) is 1.64. The van der Waals surface area contributed by atoms with Crippen molar-refractivity contribution in [3.05, 3.63) is 53.6 Å². The summed E-state index contributed by atoms with van der Waals surface area (Å²) in [7, 11) is 0. The summed E-state index contributed by atoms with van der Waals surface area (Å²) >= 11 is 5.23. The Balaban J connectivity index is 2.06. The summed E-state index contributed by atoms with van der Waals surface area (Å²) in [6, 6.07) is 10.3. The van der Waals surface area contributed by atoms with Gasteiger partial charge in [-0.2, -0.15) is 0 Å². The van der Waals surface area contributed by atoms with E-state index in [9.17, 15) is 0 Å². The third-order valence-electron chi connectivity index (χ3n) is 2.59. The van der Waals surface area contributed by atoms with Gasteiger partial charge in [0, 0.05) is 27.7 Å². The molecule has 0 saturated carbocycles. The smallest absolute Gasteiger partial charge is 0.138 e. The van der Waals surface area contributed by atoms with E-state index in [1.807, 2.05) is 12.3 Å². The molecule has 0 atom stereocenters. The van der Waals surface area contributed by atoms with Gasteiger partial charge >= 0.3 is 0 Å². The summed E-state index contributed by atoms with van der Waals surface area (Å²) in [5, 5.41) is 0.822. The van der Waals surface area contributed by atoms with Crippen LogP contribution < -0.4 is 0 Å². The Hall–Kier alpha value is -0.870. The fourth-order valence-corrected chi connectivity index (χ4v) is 2.89. The number of hydrogen-bond acceptors (Lipinski definition) is 3. The Morgan fingerprint density at radius 1 is 1.22 bits per heavy atom. The largest absolute Gasteiger partial charge is 0.240 e. The monoisotopic (exact) mass is 322 g/mol. The van der Waals surface area contributed by atoms with Crippen LogP contribution in [0.4, 0.5) is 0 Å². The highest BCUT2D eigenvalue weighted by Crippen LogP contribution is 2.21. The number of rotatable bonds is 5. The molecule has 0 aliphatic heterocycles. The van der Waals surface area contributed by atoms with Gasteiger partial charge in [-0.05, 0) is 18.6 Å². The number of aryl methyl sites for hydroxylation is 1. The number of nitrogens with zero attached hydrogens (tertiary/aromatic N) is 2. The molecule has 1 heterocycles. The van der Waals surface area contributed by atoms with Gasteiger partial charge in [0.1, 0.15) is 5.82 Å². The predicted molar refractivity (Wildman–Crippen MR) is 80.0 cm³/mol. The number of alkyl halides is 1. The van der Waals surface area contributed by atoms with Gasteiger partial charge in [-0.1, -0.05) is 41.1 Å². The normalized spacial score (nSPS) is 10.6. The summed E-state index contributed by atoms with van der Waals surface area (Å²) in [6.45, 7) is 2.13. The molecular formula is C14H15BrN2S. The molecule has 2 rings (SSSR count). The Kier molecular flexibility index (Phi) is 5.20. The van der Waals surface area contributed by atoms with E-state index in [-0.39, 0.29) is 0 Å². The molecule has 0 radical (unpaired) electrons. The lowest BCUT2D eigenvalue weighted by Gasteiger charge is -2.06. The topological polar surface area (TPSA) is 25.8 Å². The second-order valence-corrected chi connectivity index (χ2v) is 5.46. The highest BCUT2D eigenvalue weighted by molar-refractivity contribution is 9.08. The van der Waals surface area contributed by atoms with Crippen LogP contribution in [0.15, 0.2) is 41.4 Å². The maximum atomic E-state index is 4.62. The summed E-state index contributed by atoms with van der Waals surface area (Å²) in [6.07, 6.45) is 2.88. The number of hydrogen-bond donors (Lipinski definition) is 0. The summed E-state index contributed by atoms with van der Waals surface area (Å²) < 4.78 is 0. The first-order chi connectivity index (χ1) is 8.83. The first-order valence-electron chi connectivity index (χ1n) is 5.91. The molecule has 0 unspecified atom stereocenters. The standard InChI is InChI=1S/C14H15BrN2S/c1-2-13-11(8-15)9-16-14(17-13)10-18-12-6-4-3-5-7-12/h3-7,9H,2,8,10H2,1H3. The van der Waals surface area contributed by atoms with Gasteiger partial charge in [-0.3, -0.25) is 0 Å². The minimum absolute atomic E-state index is 0.819. The molecule has 18 heavy (non-hydrogen) atoms. The van der Waals surface area contributed by atoms with E-state index >= 15 is 0 Å². The van der Waals surface area contributed by atoms with Crippen molar-refractivity contribution in [3.63, 3.8) is 0 Å². The van der Waals surface area contributed by atoms with E-state index < -0.39 is 0 Å². The zero-order chi connectivity index (χ0) is 12.8. The van der Waals surface area contributed by atoms with Crippen LogP contribution in [0.3, 0.4) is 0 Å². The van der Waals surface area contributed by atoms with Crippen molar-refractivity contribution in [2.24, 2.45) is 0 Å². The molecule has 0 aliphatic carbocycles. The van der Waals surface area contributed by atoms with Crippen molar-refractivity contribution in [2.75, 3.05) is 0 Å². The van der Waals surface area contributed by atoms with E-state index in [2.05, 4.69) is 57.1 Å². The summed E-state index contributed by atoms with van der Waals surface area (Å²) in [5.74, 6) is 1.73. The van der Waals surface area contributed by atoms with Gasteiger partial charge in [0.2, 0.25) is 0 Å². The predicted octanol–water partition coefficient (Wildman–Crippen LogP) is 4.23. The second kappa shape index (κ2) is 6.90. The number of halogens is 1. The van der Waals surface area contributed by atoms with Gasteiger partial charge in [0.25, 0.3) is 0 Å². The molecular weight excluding hydrogens is 308 g/mol. The first kappa shape index (κ1) is 13.6. The second-order valence-electron chi connectivity index (χ2n) is 3.85. The molecule has 0 amide bonds. The molecule has 4 heteroatoms. The zero-order valence-corrected chi connectivity index (χ0v) is 12.7. The molecule has 1 aromatic carbocycles. The average Bonchev–Trinajstić information content (AvgIpc) is 2.45. The Morgan fingerprint density at radius 3 is 2.67 bits per heavy atom. The van der Waals surface area contributed by atoms with Gasteiger partial charge < -0.3 is 0 Å². The molecule has 2 nitrogen and oxygen atoms in total. The third kappa shape index (κ3) is 3.56. The minimum atomic E-state index is 0.819. The fraction of sp³-hybridized carbons (Fsp3) is 0.286. The Bertz CT molecular complexity index is 502. The van der Waals surface area contributed by atoms with Crippen LogP contribution in [-0.4, -0.2) is 9.97 Å². The lowest BCUT2D eigenvalue weighted by atomic mass is 10.2. The minimum Gasteiger partial charge on any atom is -0.240 e. The molecule has 0 saturated heterocycles. The first-order valence-corrected chi connectivity index (χ1v) is 8.01. The number of benzene rings is 1. The molecule has 0 N–H and O–H groups in total. The van der Waals surface area contributed by atoms with Gasteiger partial charge in [-0.25, -0.2) is 9.97 Å². The number of aromatic nitrogens is 2. The van der Waals surface area contributed by atoms with Crippen molar-refractivity contribution in [2.45, 2.75) is 29.3 Å². The van der Waals surface area contributed by atoms with E-state index in [4.69, 9.17) is 0 Å². The maximum Gasteiger partial charge on any atom is 0.138 e. The van der Waals surface area contributed by atoms with Crippen molar-refractivity contribution in [1.29, 1.82) is 0 Å². The molecule has 0 fully saturated rings. The summed E-state index contributed by atoms with van der Waals surface area (Å²) in [4.78, 5) is 10.3. The van der Waals surface area contributed by atoms with Crippen LogP contribution in [0.2, 0.25) is 0 Å². The van der Waals surface area contributed by atoms with E-state index in [1.165, 1.54) is 10.5 Å². The highest BCUT2D eigenvalue weighted by Gasteiger charge is 2.05.